The van der Waals surface area contributed by atoms with E-state index in [2.05, 4.69) is 41.0 Å². The van der Waals surface area contributed by atoms with E-state index in [-0.39, 0.29) is 0 Å². The van der Waals surface area contributed by atoms with Gasteiger partial charge in [-0.05, 0) is 33.6 Å². The van der Waals surface area contributed by atoms with Gasteiger partial charge in [0.05, 0.1) is 6.10 Å². The van der Waals surface area contributed by atoms with E-state index >= 15 is 0 Å². The molecule has 1 aliphatic heterocycles. The fraction of sp³-hybridized carbons (Fsp3) is 0.714. The molecule has 1 atom stereocenters. The summed E-state index contributed by atoms with van der Waals surface area (Å²) in [4.78, 5) is 11.2. The molecule has 0 spiro atoms. The molecule has 5 heteroatoms. The molecule has 1 N–H and O–H groups in total. The fourth-order valence-corrected chi connectivity index (χ4v) is 2.50. The lowest BCUT2D eigenvalue weighted by Gasteiger charge is -2.34. The molecule has 0 radical (unpaired) electrons. The van der Waals surface area contributed by atoms with Crippen molar-refractivity contribution in [3.8, 4) is 0 Å². The average Bonchev–Trinajstić information content (AvgIpc) is 2.42. The Hall–Kier alpha value is -1.36. The summed E-state index contributed by atoms with van der Waals surface area (Å²) in [5.74, 6) is 1.75. The van der Waals surface area contributed by atoms with Crippen LogP contribution < -0.4 is 10.2 Å². The van der Waals surface area contributed by atoms with Gasteiger partial charge in [0, 0.05) is 38.0 Å². The maximum absolute atomic E-state index is 5.75. The second kappa shape index (κ2) is 6.70. The number of aromatic nitrogens is 2. The van der Waals surface area contributed by atoms with Gasteiger partial charge in [0.15, 0.2) is 0 Å². The van der Waals surface area contributed by atoms with Crippen LogP contribution in [0.1, 0.15) is 32.3 Å². The molecule has 1 aromatic rings. The van der Waals surface area contributed by atoms with Crippen LogP contribution in [-0.4, -0.2) is 42.3 Å². The zero-order valence-corrected chi connectivity index (χ0v) is 12.1. The average molecular weight is 264 g/mol. The number of hydrogen-bond donors (Lipinski definition) is 1. The number of aryl methyl sites for hydroxylation is 1. The monoisotopic (exact) mass is 264 g/mol. The number of nitrogens with zero attached hydrogens (tertiary/aromatic N) is 3. The summed E-state index contributed by atoms with van der Waals surface area (Å²) in [7, 11) is 0. The number of anilines is 2. The minimum absolute atomic E-state index is 0.329. The van der Waals surface area contributed by atoms with Gasteiger partial charge < -0.3 is 15.0 Å². The van der Waals surface area contributed by atoms with Crippen LogP contribution in [0.4, 0.5) is 11.8 Å². The van der Waals surface area contributed by atoms with Crippen LogP contribution in [0.15, 0.2) is 6.20 Å². The molecule has 1 aromatic heterocycles. The maximum atomic E-state index is 5.75. The normalized spacial score (nSPS) is 19.5. The standard InChI is InChI=1S/C14H24N4O/c1-4-15-14-16-9-11(3)13(17-14)18-8-6-7-12(10-18)19-5-2/h9,12H,4-8,10H2,1-3H3,(H,15,16,17). The molecule has 1 fully saturated rings. The third-order valence-corrected chi connectivity index (χ3v) is 3.36. The summed E-state index contributed by atoms with van der Waals surface area (Å²) in [6.45, 7) is 9.76. The van der Waals surface area contributed by atoms with E-state index in [1.165, 1.54) is 0 Å². The first-order valence-electron chi connectivity index (χ1n) is 7.18. The van der Waals surface area contributed by atoms with Crippen molar-refractivity contribution >= 4 is 11.8 Å². The molecule has 0 saturated carbocycles. The van der Waals surface area contributed by atoms with Gasteiger partial charge in [-0.25, -0.2) is 4.98 Å². The summed E-state index contributed by atoms with van der Waals surface area (Å²) in [6, 6.07) is 0. The molecule has 1 unspecified atom stereocenters. The minimum atomic E-state index is 0.329. The molecule has 2 rings (SSSR count). The van der Waals surface area contributed by atoms with Crippen LogP contribution in [0.5, 0.6) is 0 Å². The number of piperidine rings is 1. The molecule has 0 aliphatic carbocycles. The van der Waals surface area contributed by atoms with Crippen molar-refractivity contribution in [3.05, 3.63) is 11.8 Å². The fourth-order valence-electron chi connectivity index (χ4n) is 2.50. The molecule has 19 heavy (non-hydrogen) atoms. The van der Waals surface area contributed by atoms with Gasteiger partial charge in [0.2, 0.25) is 5.95 Å². The molecule has 106 valence electrons. The highest BCUT2D eigenvalue weighted by molar-refractivity contribution is 5.49. The first-order valence-corrected chi connectivity index (χ1v) is 7.18. The third kappa shape index (κ3) is 3.56. The van der Waals surface area contributed by atoms with Crippen LogP contribution in [0.2, 0.25) is 0 Å². The SMILES string of the molecule is CCNc1ncc(C)c(N2CCCC(OCC)C2)n1. The lowest BCUT2D eigenvalue weighted by atomic mass is 10.1. The first kappa shape index (κ1) is 14.1. The summed E-state index contributed by atoms with van der Waals surface area (Å²) in [6.07, 6.45) is 4.53. The Morgan fingerprint density at radius 2 is 2.32 bits per heavy atom. The van der Waals surface area contributed by atoms with E-state index in [4.69, 9.17) is 4.74 Å². The van der Waals surface area contributed by atoms with Crippen molar-refractivity contribution < 1.29 is 4.74 Å². The Morgan fingerprint density at radius 1 is 1.47 bits per heavy atom. The molecule has 0 amide bonds. The molecule has 2 heterocycles. The molecule has 1 saturated heterocycles. The van der Waals surface area contributed by atoms with Crippen molar-refractivity contribution in [2.24, 2.45) is 0 Å². The Morgan fingerprint density at radius 3 is 3.05 bits per heavy atom. The highest BCUT2D eigenvalue weighted by Crippen LogP contribution is 2.23. The van der Waals surface area contributed by atoms with E-state index in [0.717, 1.165) is 50.5 Å². The van der Waals surface area contributed by atoms with Crippen molar-refractivity contribution in [1.29, 1.82) is 0 Å². The predicted molar refractivity (Wildman–Crippen MR) is 77.8 cm³/mol. The first-order chi connectivity index (χ1) is 9.24. The van der Waals surface area contributed by atoms with E-state index in [9.17, 15) is 0 Å². The van der Waals surface area contributed by atoms with Crippen LogP contribution in [0.3, 0.4) is 0 Å². The highest BCUT2D eigenvalue weighted by atomic mass is 16.5. The molecule has 0 bridgehead atoms. The Kier molecular flexibility index (Phi) is 4.96. The third-order valence-electron chi connectivity index (χ3n) is 3.36. The lowest BCUT2D eigenvalue weighted by molar-refractivity contribution is 0.0525. The quantitative estimate of drug-likeness (QED) is 0.883. The van der Waals surface area contributed by atoms with E-state index in [1.807, 2.05) is 6.20 Å². The molecule has 5 nitrogen and oxygen atoms in total. The van der Waals surface area contributed by atoms with Crippen molar-refractivity contribution in [2.75, 3.05) is 36.5 Å². The van der Waals surface area contributed by atoms with Crippen molar-refractivity contribution in [3.63, 3.8) is 0 Å². The zero-order chi connectivity index (χ0) is 13.7. The molecule has 1 aliphatic rings. The van der Waals surface area contributed by atoms with Gasteiger partial charge in [-0.2, -0.15) is 4.98 Å². The Balaban J connectivity index is 2.13. The lowest BCUT2D eigenvalue weighted by Crippen LogP contribution is -2.40. The molecular weight excluding hydrogens is 240 g/mol. The van der Waals surface area contributed by atoms with Gasteiger partial charge in [0.1, 0.15) is 5.82 Å². The summed E-state index contributed by atoms with van der Waals surface area (Å²) < 4.78 is 5.75. The van der Waals surface area contributed by atoms with Crippen LogP contribution in [0, 0.1) is 6.92 Å². The van der Waals surface area contributed by atoms with E-state index < -0.39 is 0 Å². The number of hydrogen-bond acceptors (Lipinski definition) is 5. The molecule has 0 aromatic carbocycles. The predicted octanol–water partition coefficient (Wildman–Crippen LogP) is 2.22. The zero-order valence-electron chi connectivity index (χ0n) is 12.1. The van der Waals surface area contributed by atoms with E-state index in [1.54, 1.807) is 0 Å². The Labute approximate surface area is 115 Å². The van der Waals surface area contributed by atoms with Crippen molar-refractivity contribution in [2.45, 2.75) is 39.7 Å². The van der Waals surface area contributed by atoms with Gasteiger partial charge in [0.25, 0.3) is 0 Å². The second-order valence-electron chi connectivity index (χ2n) is 4.90. The summed E-state index contributed by atoms with van der Waals surface area (Å²) in [5, 5.41) is 3.17. The van der Waals surface area contributed by atoms with Gasteiger partial charge >= 0.3 is 0 Å². The summed E-state index contributed by atoms with van der Waals surface area (Å²) >= 11 is 0. The number of nitrogens with one attached hydrogen (secondary N) is 1. The molecular formula is C14H24N4O. The summed E-state index contributed by atoms with van der Waals surface area (Å²) in [5.41, 5.74) is 1.12. The van der Waals surface area contributed by atoms with Crippen LogP contribution in [0.25, 0.3) is 0 Å². The van der Waals surface area contributed by atoms with Crippen molar-refractivity contribution in [1.82, 2.24) is 9.97 Å². The van der Waals surface area contributed by atoms with Gasteiger partial charge in [-0.1, -0.05) is 0 Å². The van der Waals surface area contributed by atoms with Gasteiger partial charge in [-0.3, -0.25) is 0 Å². The van der Waals surface area contributed by atoms with E-state index in [0.29, 0.717) is 12.1 Å². The highest BCUT2D eigenvalue weighted by Gasteiger charge is 2.22. The van der Waals surface area contributed by atoms with Gasteiger partial charge in [-0.15, -0.1) is 0 Å². The topological polar surface area (TPSA) is 50.3 Å². The van der Waals surface area contributed by atoms with Crippen LogP contribution in [-0.2, 0) is 4.74 Å². The minimum Gasteiger partial charge on any atom is -0.377 e. The maximum Gasteiger partial charge on any atom is 0.224 e. The van der Waals surface area contributed by atoms with Crippen LogP contribution >= 0.6 is 0 Å². The largest absolute Gasteiger partial charge is 0.377 e. The smallest absolute Gasteiger partial charge is 0.224 e. The second-order valence-corrected chi connectivity index (χ2v) is 4.90. The number of rotatable bonds is 5. The number of ether oxygens (including phenoxy) is 1. The Bertz CT molecular complexity index is 408.